The second kappa shape index (κ2) is 4.94. The number of rotatable bonds is 3. The normalized spacial score (nSPS) is 10.8. The highest BCUT2D eigenvalue weighted by molar-refractivity contribution is 6.00. The number of hydrogen-bond donors (Lipinski definition) is 2. The Morgan fingerprint density at radius 1 is 1.29 bits per heavy atom. The number of aromatic amines is 1. The highest BCUT2D eigenvalue weighted by atomic mass is 16.5. The lowest BCUT2D eigenvalue weighted by Crippen LogP contribution is -2.13. The maximum atomic E-state index is 11.4. The first-order valence-electron chi connectivity index (χ1n) is 6.53. The smallest absolute Gasteiger partial charge is 0.267 e. The van der Waals surface area contributed by atoms with E-state index < -0.39 is 5.91 Å². The van der Waals surface area contributed by atoms with Gasteiger partial charge in [-0.1, -0.05) is 6.07 Å². The number of hydrogen-bond acceptors (Lipinski definition) is 3. The van der Waals surface area contributed by atoms with Gasteiger partial charge in [0.15, 0.2) is 0 Å². The van der Waals surface area contributed by atoms with Gasteiger partial charge in [-0.3, -0.25) is 4.79 Å². The van der Waals surface area contributed by atoms with Crippen molar-refractivity contribution in [2.75, 3.05) is 7.11 Å². The molecule has 3 N–H and O–H groups in total. The van der Waals surface area contributed by atoms with E-state index in [-0.39, 0.29) is 5.69 Å². The molecule has 2 aromatic heterocycles. The van der Waals surface area contributed by atoms with E-state index in [4.69, 9.17) is 10.5 Å². The van der Waals surface area contributed by atoms with E-state index in [1.54, 1.807) is 19.4 Å². The summed E-state index contributed by atoms with van der Waals surface area (Å²) in [4.78, 5) is 18.7. The van der Waals surface area contributed by atoms with Gasteiger partial charge in [0, 0.05) is 11.6 Å². The van der Waals surface area contributed by atoms with E-state index in [2.05, 4.69) is 9.97 Å². The van der Waals surface area contributed by atoms with Crippen LogP contribution in [0.15, 0.2) is 36.5 Å². The Morgan fingerprint density at radius 3 is 2.76 bits per heavy atom. The zero-order valence-electron chi connectivity index (χ0n) is 11.8. The summed E-state index contributed by atoms with van der Waals surface area (Å²) in [5, 5.41) is 0.949. The average Bonchev–Trinajstić information content (AvgIpc) is 2.94. The second-order valence-corrected chi connectivity index (χ2v) is 4.84. The largest absolute Gasteiger partial charge is 0.496 e. The number of methoxy groups -OCH3 is 1. The number of benzene rings is 1. The van der Waals surface area contributed by atoms with Gasteiger partial charge in [0.2, 0.25) is 0 Å². The number of carbonyl (C=O) groups is 1. The highest BCUT2D eigenvalue weighted by Gasteiger charge is 2.12. The number of nitrogens with zero attached hydrogens (tertiary/aromatic N) is 1. The SMILES string of the molecule is COc1ccc(-c2cc(C(N)=O)nc3[nH]ccc23)cc1C. The number of H-pyrrole nitrogens is 1. The number of aromatic nitrogens is 2. The van der Waals surface area contributed by atoms with Crippen molar-refractivity contribution in [2.45, 2.75) is 6.92 Å². The number of fused-ring (bicyclic) bond motifs is 1. The van der Waals surface area contributed by atoms with Crippen molar-refractivity contribution >= 4 is 16.9 Å². The van der Waals surface area contributed by atoms with Crippen LogP contribution in [0.3, 0.4) is 0 Å². The molecule has 0 saturated carbocycles. The fourth-order valence-electron chi connectivity index (χ4n) is 2.45. The monoisotopic (exact) mass is 281 g/mol. The first-order valence-corrected chi connectivity index (χ1v) is 6.53. The molecule has 0 aliphatic carbocycles. The molecule has 3 aromatic rings. The molecule has 0 spiro atoms. The Balaban J connectivity index is 2.25. The van der Waals surface area contributed by atoms with Crippen LogP contribution in [0.25, 0.3) is 22.2 Å². The molecule has 0 atom stereocenters. The maximum absolute atomic E-state index is 11.4. The number of nitrogens with two attached hydrogens (primary N) is 1. The predicted octanol–water partition coefficient (Wildman–Crippen LogP) is 2.65. The molecular weight excluding hydrogens is 266 g/mol. The molecule has 1 amide bonds. The van der Waals surface area contributed by atoms with Crippen molar-refractivity contribution in [3.63, 3.8) is 0 Å². The van der Waals surface area contributed by atoms with Gasteiger partial charge < -0.3 is 15.5 Å². The number of primary amides is 1. The summed E-state index contributed by atoms with van der Waals surface area (Å²) in [6, 6.07) is 9.54. The van der Waals surface area contributed by atoms with Crippen LogP contribution in [0.2, 0.25) is 0 Å². The topological polar surface area (TPSA) is 81.0 Å². The molecule has 5 heteroatoms. The third-order valence-corrected chi connectivity index (χ3v) is 3.49. The standard InChI is InChI=1S/C16H15N3O2/c1-9-7-10(3-4-14(9)21-2)12-8-13(15(17)20)19-16-11(12)5-6-18-16/h3-8H,1-2H3,(H2,17,20)(H,18,19). The molecule has 1 aromatic carbocycles. The molecular formula is C16H15N3O2. The van der Waals surface area contributed by atoms with Crippen LogP contribution in [-0.4, -0.2) is 23.0 Å². The molecule has 0 aliphatic heterocycles. The Labute approximate surface area is 121 Å². The number of aryl methyl sites for hydroxylation is 1. The van der Waals surface area contributed by atoms with Gasteiger partial charge in [-0.15, -0.1) is 0 Å². The molecule has 106 valence electrons. The van der Waals surface area contributed by atoms with Gasteiger partial charge in [0.05, 0.1) is 7.11 Å². The van der Waals surface area contributed by atoms with E-state index in [0.29, 0.717) is 5.65 Å². The van der Waals surface area contributed by atoms with Crippen molar-refractivity contribution in [3.05, 3.63) is 47.8 Å². The Bertz CT molecular complexity index is 837. The van der Waals surface area contributed by atoms with Crippen molar-refractivity contribution in [2.24, 2.45) is 5.73 Å². The molecule has 0 radical (unpaired) electrons. The zero-order chi connectivity index (χ0) is 15.0. The number of ether oxygens (including phenoxy) is 1. The highest BCUT2D eigenvalue weighted by Crippen LogP contribution is 2.31. The third-order valence-electron chi connectivity index (χ3n) is 3.49. The summed E-state index contributed by atoms with van der Waals surface area (Å²) < 4.78 is 5.28. The van der Waals surface area contributed by atoms with Gasteiger partial charge in [-0.05, 0) is 47.9 Å². The molecule has 0 unspecified atom stereocenters. The van der Waals surface area contributed by atoms with E-state index in [1.165, 1.54) is 0 Å². The van der Waals surface area contributed by atoms with Crippen molar-refractivity contribution in [1.82, 2.24) is 9.97 Å². The fraction of sp³-hybridized carbons (Fsp3) is 0.125. The maximum Gasteiger partial charge on any atom is 0.267 e. The van der Waals surface area contributed by atoms with Gasteiger partial charge in [0.1, 0.15) is 17.1 Å². The molecule has 5 nitrogen and oxygen atoms in total. The lowest BCUT2D eigenvalue weighted by molar-refractivity contribution is 0.0996. The molecule has 3 rings (SSSR count). The molecule has 0 aliphatic rings. The summed E-state index contributed by atoms with van der Waals surface area (Å²) >= 11 is 0. The van der Waals surface area contributed by atoms with E-state index in [0.717, 1.165) is 27.8 Å². The quantitative estimate of drug-likeness (QED) is 0.774. The number of amides is 1. The zero-order valence-corrected chi connectivity index (χ0v) is 11.8. The lowest BCUT2D eigenvalue weighted by Gasteiger charge is -2.09. The summed E-state index contributed by atoms with van der Waals surface area (Å²) in [7, 11) is 1.64. The molecule has 0 saturated heterocycles. The molecule has 21 heavy (non-hydrogen) atoms. The van der Waals surface area contributed by atoms with Crippen LogP contribution >= 0.6 is 0 Å². The van der Waals surface area contributed by atoms with Crippen LogP contribution < -0.4 is 10.5 Å². The van der Waals surface area contributed by atoms with Crippen molar-refractivity contribution in [1.29, 1.82) is 0 Å². The second-order valence-electron chi connectivity index (χ2n) is 4.84. The third kappa shape index (κ3) is 2.23. The van der Waals surface area contributed by atoms with E-state index >= 15 is 0 Å². The Kier molecular flexibility index (Phi) is 3.10. The Morgan fingerprint density at radius 2 is 2.10 bits per heavy atom. The van der Waals surface area contributed by atoms with E-state index in [9.17, 15) is 4.79 Å². The summed E-state index contributed by atoms with van der Waals surface area (Å²) in [6.45, 7) is 1.98. The number of pyridine rings is 1. The number of nitrogens with one attached hydrogen (secondary N) is 1. The van der Waals surface area contributed by atoms with Crippen LogP contribution in [0, 0.1) is 6.92 Å². The minimum absolute atomic E-state index is 0.244. The lowest BCUT2D eigenvalue weighted by atomic mass is 10.00. The van der Waals surface area contributed by atoms with Gasteiger partial charge in [-0.25, -0.2) is 4.98 Å². The molecule has 0 fully saturated rings. The van der Waals surface area contributed by atoms with Gasteiger partial charge in [0.25, 0.3) is 5.91 Å². The minimum Gasteiger partial charge on any atom is -0.496 e. The first kappa shape index (κ1) is 13.2. The van der Waals surface area contributed by atoms with Crippen LogP contribution in [0.5, 0.6) is 5.75 Å². The summed E-state index contributed by atoms with van der Waals surface area (Å²) in [6.07, 6.45) is 1.79. The predicted molar refractivity (Wildman–Crippen MR) is 81.3 cm³/mol. The Hall–Kier alpha value is -2.82. The summed E-state index contributed by atoms with van der Waals surface area (Å²) in [5.41, 5.74) is 9.18. The minimum atomic E-state index is -0.544. The first-order chi connectivity index (χ1) is 10.1. The summed E-state index contributed by atoms with van der Waals surface area (Å²) in [5.74, 6) is 0.284. The van der Waals surface area contributed by atoms with Gasteiger partial charge in [-0.2, -0.15) is 0 Å². The van der Waals surface area contributed by atoms with Gasteiger partial charge >= 0.3 is 0 Å². The fourth-order valence-corrected chi connectivity index (χ4v) is 2.45. The van der Waals surface area contributed by atoms with Crippen LogP contribution in [0.1, 0.15) is 16.1 Å². The van der Waals surface area contributed by atoms with Crippen molar-refractivity contribution in [3.8, 4) is 16.9 Å². The number of carbonyl (C=O) groups excluding carboxylic acids is 1. The van der Waals surface area contributed by atoms with E-state index in [1.807, 2.05) is 31.2 Å². The molecule has 0 bridgehead atoms. The van der Waals surface area contributed by atoms with Crippen molar-refractivity contribution < 1.29 is 9.53 Å². The average molecular weight is 281 g/mol. The van der Waals surface area contributed by atoms with Crippen LogP contribution in [-0.2, 0) is 0 Å². The van der Waals surface area contributed by atoms with Crippen LogP contribution in [0.4, 0.5) is 0 Å². The molecule has 2 heterocycles.